The van der Waals surface area contributed by atoms with Crippen molar-refractivity contribution in [2.75, 3.05) is 11.9 Å². The predicted octanol–water partition coefficient (Wildman–Crippen LogP) is 3.83. The zero-order valence-corrected chi connectivity index (χ0v) is 17.9. The normalized spacial score (nSPS) is 37.6. The second-order valence-electron chi connectivity index (χ2n) is 10.5. The third-order valence-electron chi connectivity index (χ3n) is 8.56. The maximum atomic E-state index is 12.2. The van der Waals surface area contributed by atoms with E-state index in [1.165, 1.54) is 0 Å². The van der Waals surface area contributed by atoms with Crippen molar-refractivity contribution >= 4 is 22.8 Å². The molecule has 4 unspecified atom stereocenters. The van der Waals surface area contributed by atoms with Crippen LogP contribution >= 0.6 is 0 Å². The summed E-state index contributed by atoms with van der Waals surface area (Å²) in [5.74, 6) is 2.43. The minimum Gasteiger partial charge on any atom is -0.465 e. The number of carbonyl (C=O) groups is 1. The molecule has 2 heterocycles. The number of rotatable bonds is 3. The summed E-state index contributed by atoms with van der Waals surface area (Å²) in [6.45, 7) is 0.528. The topological polar surface area (TPSA) is 109 Å². The number of hydrogen-bond donors (Lipinski definition) is 3. The summed E-state index contributed by atoms with van der Waals surface area (Å²) in [6.07, 6.45) is 4.71. The van der Waals surface area contributed by atoms with Gasteiger partial charge in [-0.25, -0.2) is 9.78 Å². The third-order valence-corrected chi connectivity index (χ3v) is 8.56. The van der Waals surface area contributed by atoms with Crippen molar-refractivity contribution in [2.24, 2.45) is 23.7 Å². The van der Waals surface area contributed by atoms with E-state index in [1.54, 1.807) is 11.0 Å². The summed E-state index contributed by atoms with van der Waals surface area (Å²) in [4.78, 5) is 18.5. The number of likely N-dealkylation sites (tertiary alicyclic amines) is 1. The fourth-order valence-corrected chi connectivity index (χ4v) is 7.72. The molecule has 2 aromatic rings. The molecule has 1 aliphatic heterocycles. The Hall–Kier alpha value is -2.85. The molecule has 5 aliphatic rings. The van der Waals surface area contributed by atoms with Gasteiger partial charge in [0.15, 0.2) is 0 Å². The molecule has 0 radical (unpaired) electrons. The van der Waals surface area contributed by atoms with Crippen LogP contribution in [0.25, 0.3) is 10.9 Å². The lowest BCUT2D eigenvalue weighted by atomic mass is 9.48. The van der Waals surface area contributed by atoms with Crippen LogP contribution in [0.1, 0.15) is 44.1 Å². The number of nitrogens with one attached hydrogen (secondary N) is 1. The van der Waals surface area contributed by atoms with E-state index in [2.05, 4.69) is 11.4 Å². The van der Waals surface area contributed by atoms with E-state index in [-0.39, 0.29) is 12.1 Å². The van der Waals surface area contributed by atoms with Crippen LogP contribution in [0.4, 0.5) is 10.6 Å². The van der Waals surface area contributed by atoms with Crippen molar-refractivity contribution < 1.29 is 15.0 Å². The van der Waals surface area contributed by atoms with Gasteiger partial charge in [-0.1, -0.05) is 0 Å². The molecule has 0 spiro atoms. The quantitative estimate of drug-likeness (QED) is 0.680. The van der Waals surface area contributed by atoms with Crippen LogP contribution in [-0.4, -0.2) is 50.4 Å². The van der Waals surface area contributed by atoms with Crippen molar-refractivity contribution in [1.82, 2.24) is 9.88 Å². The van der Waals surface area contributed by atoms with Gasteiger partial charge in [0.05, 0.1) is 34.8 Å². The van der Waals surface area contributed by atoms with E-state index >= 15 is 0 Å². The van der Waals surface area contributed by atoms with Crippen LogP contribution in [0.5, 0.6) is 0 Å². The number of hydrogen-bond acceptors (Lipinski definition) is 5. The number of nitrogens with zero attached hydrogens (tertiary/aromatic N) is 3. The van der Waals surface area contributed by atoms with Gasteiger partial charge in [-0.2, -0.15) is 5.26 Å². The standard InChI is InChI=1S/C25H28N4O3/c26-13-14-1-3-19-16(7-14)2-4-21(27-19)28-20-5-6-29(24(30)31)23(20)22-17-8-15-9-18(22)12-25(32,10-15)11-17/h1-4,7,15,17-18,20,22-23,32H,5-6,8-12H2,(H,27,28)(H,30,31)/t15?,17-,18?,20?,22?,23-,25-/m0/s1. The Morgan fingerprint density at radius 1 is 1.19 bits per heavy atom. The van der Waals surface area contributed by atoms with Crippen LogP contribution in [0, 0.1) is 35.0 Å². The van der Waals surface area contributed by atoms with Gasteiger partial charge in [0, 0.05) is 11.9 Å². The highest BCUT2D eigenvalue weighted by molar-refractivity contribution is 5.81. The van der Waals surface area contributed by atoms with Crippen molar-refractivity contribution in [3.63, 3.8) is 0 Å². The van der Waals surface area contributed by atoms with E-state index in [4.69, 9.17) is 10.2 Å². The van der Waals surface area contributed by atoms with E-state index in [0.717, 1.165) is 55.2 Å². The fraction of sp³-hybridized carbons (Fsp3) is 0.560. The molecule has 7 nitrogen and oxygen atoms in total. The van der Waals surface area contributed by atoms with Crippen LogP contribution < -0.4 is 5.32 Å². The van der Waals surface area contributed by atoms with Gasteiger partial charge >= 0.3 is 6.09 Å². The number of benzene rings is 1. The summed E-state index contributed by atoms with van der Waals surface area (Å²) >= 11 is 0. The third kappa shape index (κ3) is 3.12. The van der Waals surface area contributed by atoms with Gasteiger partial charge in [0.1, 0.15) is 5.82 Å². The van der Waals surface area contributed by atoms with Gasteiger partial charge in [-0.3, -0.25) is 0 Å². The SMILES string of the molecule is N#Cc1ccc2nc(NC3CCN(C(=O)O)[C@@H]3C3C4CC5C[C@H]3C[C@@](O)(C5)C4)ccc2c1. The van der Waals surface area contributed by atoms with Crippen LogP contribution in [0.3, 0.4) is 0 Å². The number of aliphatic hydroxyl groups is 1. The first-order valence-corrected chi connectivity index (χ1v) is 11.7. The van der Waals surface area contributed by atoms with E-state index in [9.17, 15) is 15.0 Å². The molecule has 4 aliphatic carbocycles. The summed E-state index contributed by atoms with van der Waals surface area (Å²) < 4.78 is 0. The van der Waals surface area contributed by atoms with Gasteiger partial charge < -0.3 is 20.4 Å². The maximum absolute atomic E-state index is 12.2. The summed E-state index contributed by atoms with van der Waals surface area (Å²) in [7, 11) is 0. The lowest BCUT2D eigenvalue weighted by Crippen LogP contribution is -2.61. The Morgan fingerprint density at radius 3 is 2.66 bits per heavy atom. The number of aromatic nitrogens is 1. The maximum Gasteiger partial charge on any atom is 0.407 e. The number of nitriles is 1. The first kappa shape index (κ1) is 19.8. The van der Waals surface area contributed by atoms with E-state index < -0.39 is 11.7 Å². The molecule has 1 aromatic carbocycles. The Kier molecular flexibility index (Phi) is 4.38. The smallest absolute Gasteiger partial charge is 0.407 e. The molecule has 7 heteroatoms. The molecule has 32 heavy (non-hydrogen) atoms. The number of pyridine rings is 1. The molecule has 166 valence electrons. The molecule has 1 amide bonds. The van der Waals surface area contributed by atoms with E-state index in [1.807, 2.05) is 24.3 Å². The minimum absolute atomic E-state index is 0.00611. The molecule has 5 fully saturated rings. The Morgan fingerprint density at radius 2 is 1.97 bits per heavy atom. The van der Waals surface area contributed by atoms with Crippen LogP contribution in [0.2, 0.25) is 0 Å². The summed E-state index contributed by atoms with van der Waals surface area (Å²) in [5, 5.41) is 34.6. The van der Waals surface area contributed by atoms with Crippen molar-refractivity contribution in [2.45, 2.75) is 56.2 Å². The van der Waals surface area contributed by atoms with Gasteiger partial charge in [-0.05, 0) is 92.5 Å². The van der Waals surface area contributed by atoms with Gasteiger partial charge in [-0.15, -0.1) is 0 Å². The first-order chi connectivity index (χ1) is 15.4. The lowest BCUT2D eigenvalue weighted by Gasteiger charge is -2.60. The summed E-state index contributed by atoms with van der Waals surface area (Å²) in [6, 6.07) is 11.4. The van der Waals surface area contributed by atoms with Crippen molar-refractivity contribution in [3.05, 3.63) is 35.9 Å². The highest BCUT2D eigenvalue weighted by atomic mass is 16.4. The molecule has 1 saturated heterocycles. The number of amides is 1. The molecule has 4 bridgehead atoms. The zero-order valence-electron chi connectivity index (χ0n) is 17.9. The number of carboxylic acid groups (broad SMARTS) is 1. The monoisotopic (exact) mass is 432 g/mol. The van der Waals surface area contributed by atoms with E-state index in [0.29, 0.717) is 35.8 Å². The van der Waals surface area contributed by atoms with Gasteiger partial charge in [0.2, 0.25) is 0 Å². The van der Waals surface area contributed by atoms with Crippen molar-refractivity contribution in [1.29, 1.82) is 5.26 Å². The fourth-order valence-electron chi connectivity index (χ4n) is 7.72. The Balaban J connectivity index is 1.30. The van der Waals surface area contributed by atoms with Crippen LogP contribution in [-0.2, 0) is 0 Å². The van der Waals surface area contributed by atoms with Crippen molar-refractivity contribution in [3.8, 4) is 6.07 Å². The predicted molar refractivity (Wildman–Crippen MR) is 119 cm³/mol. The number of fused-ring (bicyclic) bond motifs is 1. The number of anilines is 1. The average molecular weight is 433 g/mol. The molecule has 7 atom stereocenters. The lowest BCUT2D eigenvalue weighted by molar-refractivity contribution is -0.162. The molecule has 4 saturated carbocycles. The highest BCUT2D eigenvalue weighted by Crippen LogP contribution is 2.60. The second-order valence-corrected chi connectivity index (χ2v) is 10.5. The molecule has 7 rings (SSSR count). The molecular formula is C25H28N4O3. The molecule has 3 N–H and O–H groups in total. The zero-order chi connectivity index (χ0) is 22.0. The Labute approximate surface area is 187 Å². The minimum atomic E-state index is -0.845. The van der Waals surface area contributed by atoms with Gasteiger partial charge in [0.25, 0.3) is 0 Å². The Bertz CT molecular complexity index is 1110. The average Bonchev–Trinajstić information content (AvgIpc) is 3.15. The van der Waals surface area contributed by atoms with Crippen LogP contribution in [0.15, 0.2) is 30.3 Å². The molecule has 1 aromatic heterocycles. The second kappa shape index (κ2) is 7.08. The largest absolute Gasteiger partial charge is 0.465 e. The highest BCUT2D eigenvalue weighted by Gasteiger charge is 2.59. The molecular weight excluding hydrogens is 404 g/mol. The first-order valence-electron chi connectivity index (χ1n) is 11.7. The summed E-state index contributed by atoms with van der Waals surface area (Å²) in [5.41, 5.74) is 0.900.